The standard InChI is InChI=1S/C25H32N4O2.H2/c1-14(2)18-12-28-19(13-27-18)21(30)29-22-24(5,6)23(25(22,7)8)31-20-10-9-17(11-26)15(3)16(20)4;/h9-10,12-14,22-23H,1-8H3,(H,29,30);1H. The highest BCUT2D eigenvalue weighted by Gasteiger charge is 2.64. The van der Waals surface area contributed by atoms with Crippen LogP contribution in [0.5, 0.6) is 5.75 Å². The van der Waals surface area contributed by atoms with Crippen molar-refractivity contribution in [1.82, 2.24) is 15.3 Å². The van der Waals surface area contributed by atoms with Gasteiger partial charge in [0.1, 0.15) is 17.5 Å². The quantitative estimate of drug-likeness (QED) is 0.737. The first-order valence-corrected chi connectivity index (χ1v) is 10.7. The van der Waals surface area contributed by atoms with Crippen molar-refractivity contribution in [3.63, 3.8) is 0 Å². The second-order valence-electron chi connectivity index (χ2n) is 10.0. The van der Waals surface area contributed by atoms with Crippen molar-refractivity contribution < 1.29 is 11.0 Å². The second kappa shape index (κ2) is 7.96. The van der Waals surface area contributed by atoms with Crippen LogP contribution in [0.4, 0.5) is 0 Å². The summed E-state index contributed by atoms with van der Waals surface area (Å²) >= 11 is 0. The fraction of sp³-hybridized carbons (Fsp3) is 0.520. The first kappa shape index (κ1) is 22.7. The van der Waals surface area contributed by atoms with Crippen LogP contribution >= 0.6 is 0 Å². The first-order valence-electron chi connectivity index (χ1n) is 10.7. The minimum atomic E-state index is -0.293. The minimum Gasteiger partial charge on any atom is -0.489 e. The van der Waals surface area contributed by atoms with E-state index in [4.69, 9.17) is 4.74 Å². The Balaban J connectivity index is 0.00000363. The molecule has 0 radical (unpaired) electrons. The van der Waals surface area contributed by atoms with E-state index >= 15 is 0 Å². The molecule has 3 rings (SSSR count). The zero-order chi connectivity index (χ0) is 23.1. The molecule has 0 aliphatic heterocycles. The molecule has 1 aromatic carbocycles. The van der Waals surface area contributed by atoms with Crippen molar-refractivity contribution >= 4 is 5.91 Å². The van der Waals surface area contributed by atoms with Gasteiger partial charge in [-0.25, -0.2) is 4.98 Å². The molecule has 1 heterocycles. The third-order valence-corrected chi connectivity index (χ3v) is 6.71. The lowest BCUT2D eigenvalue weighted by Gasteiger charge is -2.63. The van der Waals surface area contributed by atoms with Gasteiger partial charge in [0.05, 0.1) is 23.5 Å². The Hall–Kier alpha value is -2.94. The Morgan fingerprint density at radius 2 is 1.77 bits per heavy atom. The average molecular weight is 423 g/mol. The number of aromatic nitrogens is 2. The monoisotopic (exact) mass is 422 g/mol. The minimum absolute atomic E-state index is 0. The van der Waals surface area contributed by atoms with Crippen LogP contribution < -0.4 is 10.1 Å². The Morgan fingerprint density at radius 3 is 2.29 bits per heavy atom. The van der Waals surface area contributed by atoms with E-state index in [-0.39, 0.29) is 36.2 Å². The fourth-order valence-corrected chi connectivity index (χ4v) is 4.93. The molecule has 1 aliphatic rings. The van der Waals surface area contributed by atoms with Gasteiger partial charge in [-0.15, -0.1) is 0 Å². The summed E-state index contributed by atoms with van der Waals surface area (Å²) in [5, 5.41) is 12.4. The second-order valence-corrected chi connectivity index (χ2v) is 10.0. The van der Waals surface area contributed by atoms with Gasteiger partial charge in [-0.3, -0.25) is 9.78 Å². The van der Waals surface area contributed by atoms with Crippen LogP contribution in [0.1, 0.15) is 81.8 Å². The summed E-state index contributed by atoms with van der Waals surface area (Å²) < 4.78 is 6.46. The number of nitrogens with one attached hydrogen (secondary N) is 1. The Kier molecular flexibility index (Phi) is 5.84. The van der Waals surface area contributed by atoms with Gasteiger partial charge in [-0.1, -0.05) is 41.5 Å². The van der Waals surface area contributed by atoms with Crippen molar-refractivity contribution in [2.75, 3.05) is 0 Å². The molecule has 6 heteroatoms. The topological polar surface area (TPSA) is 87.9 Å². The normalized spacial score (nSPS) is 21.2. The van der Waals surface area contributed by atoms with Crippen LogP contribution in [0.3, 0.4) is 0 Å². The molecule has 1 N–H and O–H groups in total. The summed E-state index contributed by atoms with van der Waals surface area (Å²) in [7, 11) is 0. The van der Waals surface area contributed by atoms with Gasteiger partial charge in [0.2, 0.25) is 0 Å². The summed E-state index contributed by atoms with van der Waals surface area (Å²) in [6.45, 7) is 16.4. The van der Waals surface area contributed by atoms with Crippen molar-refractivity contribution in [3.8, 4) is 11.8 Å². The number of hydrogen-bond donors (Lipinski definition) is 1. The molecule has 1 saturated carbocycles. The zero-order valence-corrected chi connectivity index (χ0v) is 19.7. The smallest absolute Gasteiger partial charge is 0.271 e. The van der Waals surface area contributed by atoms with Crippen LogP contribution in [0.2, 0.25) is 0 Å². The van der Waals surface area contributed by atoms with Gasteiger partial charge in [0, 0.05) is 24.5 Å². The lowest BCUT2D eigenvalue weighted by molar-refractivity contribution is -0.164. The van der Waals surface area contributed by atoms with Crippen LogP contribution in [-0.4, -0.2) is 28.0 Å². The highest BCUT2D eigenvalue weighted by atomic mass is 16.5. The number of amides is 1. The van der Waals surface area contributed by atoms with E-state index in [0.717, 1.165) is 22.6 Å². The van der Waals surface area contributed by atoms with Gasteiger partial charge in [0.25, 0.3) is 5.91 Å². The number of ether oxygens (including phenoxy) is 1. The molecular formula is C25H34N4O2. The van der Waals surface area contributed by atoms with Crippen LogP contribution in [0.15, 0.2) is 24.5 Å². The number of nitrogens with zero attached hydrogens (tertiary/aromatic N) is 3. The molecule has 1 aliphatic carbocycles. The van der Waals surface area contributed by atoms with Crippen molar-refractivity contribution in [3.05, 3.63) is 52.6 Å². The summed E-state index contributed by atoms with van der Waals surface area (Å²) in [4.78, 5) is 21.5. The highest BCUT2D eigenvalue weighted by molar-refractivity contribution is 5.92. The van der Waals surface area contributed by atoms with Crippen LogP contribution in [0.25, 0.3) is 0 Å². The molecular weight excluding hydrogens is 388 g/mol. The van der Waals surface area contributed by atoms with E-state index in [2.05, 4.69) is 49.0 Å². The largest absolute Gasteiger partial charge is 0.489 e. The first-order chi connectivity index (χ1) is 14.4. The molecule has 31 heavy (non-hydrogen) atoms. The summed E-state index contributed by atoms with van der Waals surface area (Å²) in [5.74, 6) is 0.821. The van der Waals surface area contributed by atoms with Gasteiger partial charge in [-0.05, 0) is 43.0 Å². The van der Waals surface area contributed by atoms with E-state index in [1.165, 1.54) is 0 Å². The number of nitriles is 1. The van der Waals surface area contributed by atoms with Crippen LogP contribution in [0, 0.1) is 36.0 Å². The Bertz CT molecular complexity index is 1020. The van der Waals surface area contributed by atoms with E-state index in [1.54, 1.807) is 18.5 Å². The molecule has 0 unspecified atom stereocenters. The maximum absolute atomic E-state index is 12.9. The lowest BCUT2D eigenvalue weighted by Crippen LogP contribution is -2.74. The third kappa shape index (κ3) is 3.89. The van der Waals surface area contributed by atoms with E-state index < -0.39 is 0 Å². The number of hydrogen-bond acceptors (Lipinski definition) is 5. The molecule has 166 valence electrons. The van der Waals surface area contributed by atoms with Gasteiger partial charge >= 0.3 is 0 Å². The fourth-order valence-electron chi connectivity index (χ4n) is 4.93. The average Bonchev–Trinajstić information content (AvgIpc) is 2.72. The molecule has 2 aromatic rings. The predicted molar refractivity (Wildman–Crippen MR) is 122 cm³/mol. The molecule has 1 fully saturated rings. The van der Waals surface area contributed by atoms with Gasteiger partial charge in [-0.2, -0.15) is 5.26 Å². The summed E-state index contributed by atoms with van der Waals surface area (Å²) in [5.41, 5.74) is 3.16. The van der Waals surface area contributed by atoms with E-state index in [9.17, 15) is 10.1 Å². The summed E-state index contributed by atoms with van der Waals surface area (Å²) in [6.07, 6.45) is 3.10. The molecule has 1 aromatic heterocycles. The van der Waals surface area contributed by atoms with E-state index in [1.807, 2.05) is 33.8 Å². The Morgan fingerprint density at radius 1 is 1.13 bits per heavy atom. The highest BCUT2D eigenvalue weighted by Crippen LogP contribution is 2.55. The van der Waals surface area contributed by atoms with Crippen molar-refractivity contribution in [2.24, 2.45) is 10.8 Å². The lowest BCUT2D eigenvalue weighted by atomic mass is 9.49. The zero-order valence-electron chi connectivity index (χ0n) is 19.7. The SMILES string of the molecule is Cc1c(C#N)ccc(OC2C(C)(C)C(NC(=O)c3cnc(C(C)C)cn3)C2(C)C)c1C.[HH]. The maximum atomic E-state index is 12.9. The number of rotatable bonds is 5. The molecule has 0 spiro atoms. The third-order valence-electron chi connectivity index (χ3n) is 6.71. The number of carbonyl (C=O) groups is 1. The maximum Gasteiger partial charge on any atom is 0.271 e. The van der Waals surface area contributed by atoms with E-state index in [0.29, 0.717) is 11.3 Å². The van der Waals surface area contributed by atoms with Crippen LogP contribution in [-0.2, 0) is 0 Å². The molecule has 1 amide bonds. The van der Waals surface area contributed by atoms with Gasteiger partial charge < -0.3 is 10.1 Å². The van der Waals surface area contributed by atoms with Crippen molar-refractivity contribution in [2.45, 2.75) is 73.5 Å². The van der Waals surface area contributed by atoms with Gasteiger partial charge in [0.15, 0.2) is 0 Å². The molecule has 0 atom stereocenters. The van der Waals surface area contributed by atoms with Crippen molar-refractivity contribution in [1.29, 1.82) is 5.26 Å². The number of benzene rings is 1. The summed E-state index contributed by atoms with van der Waals surface area (Å²) in [6, 6.07) is 5.79. The molecule has 0 bridgehead atoms. The predicted octanol–water partition coefficient (Wildman–Crippen LogP) is 4.95. The Labute approximate surface area is 186 Å². The molecule has 0 saturated heterocycles. The number of carbonyl (C=O) groups excluding carboxylic acids is 1. The molecule has 6 nitrogen and oxygen atoms in total.